The molecule has 54 heavy (non-hydrogen) atoms. The first-order chi connectivity index (χ1) is 25.9. The number of H-pyrrole nitrogens is 1. The molecule has 4 aromatic rings. The number of hydrogen-bond acceptors (Lipinski definition) is 8. The number of fused-ring (bicyclic) bond motifs is 3. The lowest BCUT2D eigenvalue weighted by molar-refractivity contribution is -0.149. The Labute approximate surface area is 316 Å². The van der Waals surface area contributed by atoms with Crippen LogP contribution in [0.5, 0.6) is 0 Å². The Morgan fingerprint density at radius 2 is 1.80 bits per heavy atom. The van der Waals surface area contributed by atoms with Crippen molar-refractivity contribution in [2.24, 2.45) is 5.92 Å². The van der Waals surface area contributed by atoms with E-state index in [0.29, 0.717) is 42.9 Å². The van der Waals surface area contributed by atoms with Crippen molar-refractivity contribution in [3.05, 3.63) is 95.7 Å². The predicted molar refractivity (Wildman–Crippen MR) is 208 cm³/mol. The fraction of sp³-hybridized carbons (Fsp3) is 0.415. The summed E-state index contributed by atoms with van der Waals surface area (Å²) < 4.78 is 11.7. The number of hydrogen-bond donors (Lipinski definition) is 4. The van der Waals surface area contributed by atoms with Gasteiger partial charge in [0, 0.05) is 65.9 Å². The Morgan fingerprint density at radius 3 is 2.52 bits per heavy atom. The third kappa shape index (κ3) is 7.85. The van der Waals surface area contributed by atoms with Gasteiger partial charge in [0.05, 0.1) is 38.3 Å². The third-order valence-electron chi connectivity index (χ3n) is 10.8. The average Bonchev–Trinajstić information content (AvgIpc) is 3.76. The molecule has 286 valence electrons. The Bertz CT molecular complexity index is 2000. The van der Waals surface area contributed by atoms with E-state index in [2.05, 4.69) is 10.3 Å². The van der Waals surface area contributed by atoms with Gasteiger partial charge in [0.25, 0.3) is 5.91 Å². The van der Waals surface area contributed by atoms with Gasteiger partial charge in [-0.1, -0.05) is 55.5 Å². The number of methoxy groups -OCH3 is 1. The summed E-state index contributed by atoms with van der Waals surface area (Å²) in [6, 6.07) is 22.6. The quantitative estimate of drug-likeness (QED) is 0.0728. The first-order valence-electron chi connectivity index (χ1n) is 18.6. The zero-order chi connectivity index (χ0) is 38.6. The zero-order valence-electron chi connectivity index (χ0n) is 31.3. The summed E-state index contributed by atoms with van der Waals surface area (Å²) in [5, 5.41) is 13.8. The molecule has 4 N–H and O–H groups in total. The molecule has 1 spiro atoms. The summed E-state index contributed by atoms with van der Waals surface area (Å²) in [5.74, 6) is -1.65. The van der Waals surface area contributed by atoms with E-state index < -0.39 is 31.5 Å². The van der Waals surface area contributed by atoms with Crippen LogP contribution >= 0.6 is 0 Å². The number of nitrogens with one attached hydrogen (secondary N) is 2. The second kappa shape index (κ2) is 16.3. The van der Waals surface area contributed by atoms with E-state index >= 15 is 0 Å². The SMILES string of the molecule is COC(=O)CCCCN1C(=O)[C@]2(O[C@H](CC(=O)N(CCO)Cc3ccccc3)[C@@H]([Si](C)(C)O)[C@@H]2C)c2cc(NC(=O)Cc3c[nH]c4ccccc34)ccc21. The van der Waals surface area contributed by atoms with E-state index in [1.165, 1.54) is 7.11 Å². The molecule has 3 aromatic carbocycles. The Hall–Kier alpha value is -4.82. The number of esters is 1. The highest BCUT2D eigenvalue weighted by atomic mass is 28.4. The number of amides is 3. The van der Waals surface area contributed by atoms with Crippen molar-refractivity contribution < 1.29 is 38.6 Å². The lowest BCUT2D eigenvalue weighted by Crippen LogP contribution is -2.46. The molecule has 1 aromatic heterocycles. The van der Waals surface area contributed by atoms with Crippen molar-refractivity contribution in [1.29, 1.82) is 0 Å². The van der Waals surface area contributed by atoms with Crippen LogP contribution in [-0.2, 0) is 47.2 Å². The minimum absolute atomic E-state index is 0.0939. The molecule has 0 bridgehead atoms. The molecular formula is C41H50N4O8Si. The van der Waals surface area contributed by atoms with Gasteiger partial charge in [0.2, 0.25) is 11.8 Å². The minimum Gasteiger partial charge on any atom is -0.469 e. The Balaban J connectivity index is 1.32. The third-order valence-corrected chi connectivity index (χ3v) is 13.4. The first-order valence-corrected chi connectivity index (χ1v) is 21.6. The molecule has 0 aliphatic carbocycles. The van der Waals surface area contributed by atoms with E-state index in [9.17, 15) is 29.1 Å². The van der Waals surface area contributed by atoms with Crippen LogP contribution in [0.2, 0.25) is 18.6 Å². The number of aliphatic hydroxyl groups is 1. The summed E-state index contributed by atoms with van der Waals surface area (Å²) in [5.41, 5.74) is 2.32. The molecule has 0 radical (unpaired) electrons. The maximum Gasteiger partial charge on any atom is 0.305 e. The van der Waals surface area contributed by atoms with Crippen molar-refractivity contribution in [3.63, 3.8) is 0 Å². The van der Waals surface area contributed by atoms with Gasteiger partial charge in [-0.2, -0.15) is 0 Å². The lowest BCUT2D eigenvalue weighted by Gasteiger charge is -2.32. The standard InChI is InChI=1S/C41H50N4O8Si/c1-27-39(54(3,4)51)35(24-37(48)44(20-21-46)26-28-12-6-5-7-13-28)53-41(27)32-23-30(43-36(47)22-29-25-42-33-15-9-8-14-31(29)33)17-18-34(32)45(40(41)50)19-11-10-16-38(49)52-2/h5-9,12-15,17-18,23,25,27,35,39,42,46,51H,10-11,16,19-22,24,26H2,1-4H3,(H,43,47)/t27-,35+,39-,41+/m0/s1. The molecule has 13 heteroatoms. The molecule has 0 unspecified atom stereocenters. The molecule has 2 aliphatic rings. The number of para-hydroxylation sites is 1. The van der Waals surface area contributed by atoms with Gasteiger partial charge in [-0.05, 0) is 61.3 Å². The van der Waals surface area contributed by atoms with Crippen molar-refractivity contribution >= 4 is 54.3 Å². The number of carbonyl (C=O) groups is 4. The number of carbonyl (C=O) groups excluding carboxylic acids is 4. The van der Waals surface area contributed by atoms with E-state index in [0.717, 1.165) is 22.0 Å². The fourth-order valence-corrected chi connectivity index (χ4v) is 10.9. The molecule has 12 nitrogen and oxygen atoms in total. The van der Waals surface area contributed by atoms with E-state index in [4.69, 9.17) is 9.47 Å². The summed E-state index contributed by atoms with van der Waals surface area (Å²) in [4.78, 5) is 72.3. The highest BCUT2D eigenvalue weighted by molar-refractivity contribution is 6.71. The van der Waals surface area contributed by atoms with Crippen LogP contribution in [0.15, 0.2) is 79.0 Å². The highest BCUT2D eigenvalue weighted by Crippen LogP contribution is 2.60. The molecule has 6 rings (SSSR count). The van der Waals surface area contributed by atoms with Gasteiger partial charge in [-0.25, -0.2) is 0 Å². The number of rotatable bonds is 15. The zero-order valence-corrected chi connectivity index (χ0v) is 32.3. The maximum atomic E-state index is 14.9. The molecular weight excluding hydrogens is 705 g/mol. The van der Waals surface area contributed by atoms with Crippen LogP contribution in [0.25, 0.3) is 10.9 Å². The summed E-state index contributed by atoms with van der Waals surface area (Å²) >= 11 is 0. The van der Waals surface area contributed by atoms with Gasteiger partial charge in [0.1, 0.15) is 0 Å². The molecule has 0 saturated carbocycles. The van der Waals surface area contributed by atoms with Crippen molar-refractivity contribution in [2.75, 3.05) is 37.0 Å². The van der Waals surface area contributed by atoms with Gasteiger partial charge >= 0.3 is 5.97 Å². The second-order valence-electron chi connectivity index (χ2n) is 14.9. The van der Waals surface area contributed by atoms with Crippen molar-refractivity contribution in [3.8, 4) is 0 Å². The molecule has 3 amide bonds. The molecule has 4 atom stereocenters. The smallest absolute Gasteiger partial charge is 0.305 e. The number of benzene rings is 3. The first kappa shape index (κ1) is 38.9. The molecule has 3 heterocycles. The Kier molecular flexibility index (Phi) is 11.7. The Morgan fingerprint density at radius 1 is 1.06 bits per heavy atom. The topological polar surface area (TPSA) is 161 Å². The van der Waals surface area contributed by atoms with Crippen LogP contribution in [-0.4, -0.2) is 84.7 Å². The minimum atomic E-state index is -3.10. The van der Waals surface area contributed by atoms with Crippen LogP contribution in [0.3, 0.4) is 0 Å². The van der Waals surface area contributed by atoms with Gasteiger partial charge in [0.15, 0.2) is 13.9 Å². The summed E-state index contributed by atoms with van der Waals surface area (Å²) in [7, 11) is -1.75. The van der Waals surface area contributed by atoms with Gasteiger partial charge in [-0.3, -0.25) is 19.2 Å². The van der Waals surface area contributed by atoms with E-state index in [-0.39, 0.29) is 56.1 Å². The molecule has 2 aliphatic heterocycles. The monoisotopic (exact) mass is 754 g/mol. The number of aliphatic hydroxyl groups excluding tert-OH is 1. The highest BCUT2D eigenvalue weighted by Gasteiger charge is 2.66. The summed E-state index contributed by atoms with van der Waals surface area (Å²) in [6.07, 6.45) is 2.32. The second-order valence-corrected chi connectivity index (χ2v) is 18.9. The number of anilines is 2. The van der Waals surface area contributed by atoms with Gasteiger partial charge in [-0.15, -0.1) is 0 Å². The van der Waals surface area contributed by atoms with Crippen LogP contribution in [0.4, 0.5) is 11.4 Å². The number of unbranched alkanes of at least 4 members (excludes halogenated alkanes) is 1. The largest absolute Gasteiger partial charge is 0.469 e. The summed E-state index contributed by atoms with van der Waals surface area (Å²) in [6.45, 7) is 6.00. The predicted octanol–water partition coefficient (Wildman–Crippen LogP) is 5.25. The normalized spacial score (nSPS) is 20.7. The maximum absolute atomic E-state index is 14.9. The van der Waals surface area contributed by atoms with Crippen LogP contribution in [0.1, 0.15) is 49.3 Å². The van der Waals surface area contributed by atoms with Crippen molar-refractivity contribution in [2.45, 2.75) is 75.9 Å². The molecule has 1 saturated heterocycles. The van der Waals surface area contributed by atoms with E-state index in [1.807, 2.05) is 67.7 Å². The van der Waals surface area contributed by atoms with Gasteiger partial charge < -0.3 is 39.5 Å². The number of aromatic amines is 1. The average molecular weight is 755 g/mol. The van der Waals surface area contributed by atoms with Crippen LogP contribution in [0, 0.1) is 5.92 Å². The fourth-order valence-electron chi connectivity index (χ4n) is 8.39. The van der Waals surface area contributed by atoms with Crippen LogP contribution < -0.4 is 10.2 Å². The lowest BCUT2D eigenvalue weighted by atomic mass is 9.82. The number of nitrogens with zero attached hydrogens (tertiary/aromatic N) is 2. The van der Waals surface area contributed by atoms with E-state index in [1.54, 1.807) is 41.1 Å². The molecule has 1 fully saturated rings. The number of ether oxygens (including phenoxy) is 2. The number of aromatic nitrogens is 1. The van der Waals surface area contributed by atoms with Crippen molar-refractivity contribution in [1.82, 2.24) is 9.88 Å².